The maximum Gasteiger partial charge on any atom is 0.471 e. The number of hydrogen-bond donors (Lipinski definition) is 1. The summed E-state index contributed by atoms with van der Waals surface area (Å²) < 4.78 is 38.4. The number of carbonyl (C=O) groups excluding carboxylic acids is 1. The van der Waals surface area contributed by atoms with E-state index in [2.05, 4.69) is 9.97 Å². The zero-order valence-electron chi connectivity index (χ0n) is 11.7. The fourth-order valence-corrected chi connectivity index (χ4v) is 2.51. The highest BCUT2D eigenvalue weighted by molar-refractivity contribution is 7.09. The van der Waals surface area contributed by atoms with Gasteiger partial charge in [-0.2, -0.15) is 13.2 Å². The lowest BCUT2D eigenvalue weighted by molar-refractivity contribution is -0.170. The number of nitrogens with zero attached hydrogens (tertiary/aromatic N) is 3. The SMILES string of the molecule is Cc1csc(CN(C(=O)C(F)(F)F)c2ccnc(C(=O)O)c2)n1. The van der Waals surface area contributed by atoms with Crippen LogP contribution in [-0.2, 0) is 11.3 Å². The van der Waals surface area contributed by atoms with Gasteiger partial charge in [0, 0.05) is 23.0 Å². The van der Waals surface area contributed by atoms with E-state index in [9.17, 15) is 22.8 Å². The van der Waals surface area contributed by atoms with Gasteiger partial charge in [0.1, 0.15) is 10.7 Å². The van der Waals surface area contributed by atoms with Crippen molar-refractivity contribution in [2.75, 3.05) is 4.90 Å². The van der Waals surface area contributed by atoms with Crippen molar-refractivity contribution in [3.8, 4) is 0 Å². The van der Waals surface area contributed by atoms with Crippen LogP contribution in [-0.4, -0.2) is 33.1 Å². The van der Waals surface area contributed by atoms with Gasteiger partial charge in [-0.25, -0.2) is 14.8 Å². The summed E-state index contributed by atoms with van der Waals surface area (Å²) in [7, 11) is 0. The molecule has 23 heavy (non-hydrogen) atoms. The second-order valence-corrected chi connectivity index (χ2v) is 5.42. The molecule has 0 aliphatic heterocycles. The number of anilines is 1. The van der Waals surface area contributed by atoms with Crippen LogP contribution in [0.5, 0.6) is 0 Å². The number of alkyl halides is 3. The third-order valence-electron chi connectivity index (χ3n) is 2.72. The zero-order valence-corrected chi connectivity index (χ0v) is 12.5. The summed E-state index contributed by atoms with van der Waals surface area (Å²) in [5.41, 5.74) is -0.0595. The molecule has 2 rings (SSSR count). The van der Waals surface area contributed by atoms with Crippen LogP contribution in [0, 0.1) is 6.92 Å². The predicted octanol–water partition coefficient (Wildman–Crippen LogP) is 2.64. The van der Waals surface area contributed by atoms with E-state index in [4.69, 9.17) is 5.11 Å². The van der Waals surface area contributed by atoms with Crippen molar-refractivity contribution in [3.63, 3.8) is 0 Å². The zero-order chi connectivity index (χ0) is 17.2. The van der Waals surface area contributed by atoms with Gasteiger partial charge in [-0.05, 0) is 19.1 Å². The summed E-state index contributed by atoms with van der Waals surface area (Å²) in [5.74, 6) is -3.51. The average molecular weight is 345 g/mol. The lowest BCUT2D eigenvalue weighted by Gasteiger charge is -2.23. The molecule has 2 aromatic rings. The first-order valence-corrected chi connectivity index (χ1v) is 7.05. The van der Waals surface area contributed by atoms with E-state index in [0.29, 0.717) is 15.6 Å². The van der Waals surface area contributed by atoms with Crippen LogP contribution in [0.2, 0.25) is 0 Å². The summed E-state index contributed by atoms with van der Waals surface area (Å²) in [6.45, 7) is 1.25. The van der Waals surface area contributed by atoms with Crippen LogP contribution in [0.1, 0.15) is 21.2 Å². The van der Waals surface area contributed by atoms with Crippen molar-refractivity contribution in [2.24, 2.45) is 0 Å². The Hall–Kier alpha value is -2.49. The summed E-state index contributed by atoms with van der Waals surface area (Å²) in [4.78, 5) is 30.6. The van der Waals surface area contributed by atoms with Crippen LogP contribution in [0.4, 0.5) is 18.9 Å². The molecule has 0 saturated heterocycles. The van der Waals surface area contributed by atoms with Crippen LogP contribution in [0.25, 0.3) is 0 Å². The van der Waals surface area contributed by atoms with E-state index in [1.165, 1.54) is 0 Å². The van der Waals surface area contributed by atoms with Gasteiger partial charge in [0.15, 0.2) is 0 Å². The summed E-state index contributed by atoms with van der Waals surface area (Å²) in [5, 5.41) is 10.8. The van der Waals surface area contributed by atoms with Crippen molar-refractivity contribution in [1.29, 1.82) is 0 Å². The highest BCUT2D eigenvalue weighted by Gasteiger charge is 2.43. The van der Waals surface area contributed by atoms with Crippen LogP contribution >= 0.6 is 11.3 Å². The monoisotopic (exact) mass is 345 g/mol. The van der Waals surface area contributed by atoms with Crippen LogP contribution in [0.15, 0.2) is 23.7 Å². The normalized spacial score (nSPS) is 11.3. The molecule has 2 heterocycles. The minimum absolute atomic E-state index is 0.215. The molecule has 0 atom stereocenters. The number of thiazole rings is 1. The average Bonchev–Trinajstić information content (AvgIpc) is 2.88. The molecule has 0 bridgehead atoms. The number of amides is 1. The molecule has 10 heteroatoms. The number of carboxylic acid groups (broad SMARTS) is 1. The molecule has 0 fully saturated rings. The molecule has 2 aromatic heterocycles. The number of hydrogen-bond acceptors (Lipinski definition) is 5. The molecule has 1 amide bonds. The van der Waals surface area contributed by atoms with Gasteiger partial charge in [0.05, 0.1) is 6.54 Å². The molecular weight excluding hydrogens is 335 g/mol. The molecule has 0 saturated carbocycles. The first kappa shape index (κ1) is 16.9. The van der Waals surface area contributed by atoms with Gasteiger partial charge in [-0.3, -0.25) is 9.69 Å². The maximum absolute atomic E-state index is 12.8. The largest absolute Gasteiger partial charge is 0.477 e. The fraction of sp³-hybridized carbons (Fsp3) is 0.231. The molecule has 0 aliphatic carbocycles. The van der Waals surface area contributed by atoms with Gasteiger partial charge in [0.25, 0.3) is 0 Å². The summed E-state index contributed by atoms with van der Waals surface area (Å²) >= 11 is 1.11. The lowest BCUT2D eigenvalue weighted by atomic mass is 10.2. The molecule has 0 aliphatic rings. The fourth-order valence-electron chi connectivity index (χ4n) is 1.75. The number of halogens is 3. The Bertz CT molecular complexity index is 745. The molecule has 122 valence electrons. The van der Waals surface area contributed by atoms with Gasteiger partial charge < -0.3 is 5.11 Å². The quantitative estimate of drug-likeness (QED) is 0.921. The Kier molecular flexibility index (Phi) is 4.64. The minimum atomic E-state index is -5.10. The highest BCUT2D eigenvalue weighted by Crippen LogP contribution is 2.26. The smallest absolute Gasteiger partial charge is 0.471 e. The number of carbonyl (C=O) groups is 2. The Labute approximate surface area is 132 Å². The van der Waals surface area contributed by atoms with E-state index < -0.39 is 30.3 Å². The molecule has 1 N–H and O–H groups in total. The number of aromatic nitrogens is 2. The molecule has 0 spiro atoms. The Morgan fingerprint density at radius 2 is 2.09 bits per heavy atom. The second-order valence-electron chi connectivity index (χ2n) is 4.48. The van der Waals surface area contributed by atoms with E-state index in [0.717, 1.165) is 29.7 Å². The van der Waals surface area contributed by atoms with Crippen molar-refractivity contribution >= 4 is 28.9 Å². The standard InChI is InChI=1S/C13H10F3N3O3S/c1-7-6-23-10(18-7)5-19(12(22)13(14,15)16)8-2-3-17-9(4-8)11(20)21/h2-4,6H,5H2,1H3,(H,20,21). The topological polar surface area (TPSA) is 83.4 Å². The number of pyridine rings is 1. The third-order valence-corrected chi connectivity index (χ3v) is 3.67. The molecule has 0 unspecified atom stereocenters. The molecule has 0 aromatic carbocycles. The molecule has 0 radical (unpaired) electrons. The van der Waals surface area contributed by atoms with Gasteiger partial charge in [0.2, 0.25) is 0 Å². The van der Waals surface area contributed by atoms with Gasteiger partial charge >= 0.3 is 18.1 Å². The first-order valence-electron chi connectivity index (χ1n) is 6.17. The predicted molar refractivity (Wildman–Crippen MR) is 75.3 cm³/mol. The van der Waals surface area contributed by atoms with Crippen LogP contribution in [0.3, 0.4) is 0 Å². The Morgan fingerprint density at radius 3 is 2.61 bits per heavy atom. The highest BCUT2D eigenvalue weighted by atomic mass is 32.1. The number of rotatable bonds is 4. The Morgan fingerprint density at radius 1 is 1.39 bits per heavy atom. The molecular formula is C13H10F3N3O3S. The van der Waals surface area contributed by atoms with Crippen molar-refractivity contribution in [1.82, 2.24) is 9.97 Å². The second kappa shape index (κ2) is 6.32. The maximum atomic E-state index is 12.8. The number of aromatic carboxylic acids is 1. The molecule has 6 nitrogen and oxygen atoms in total. The first-order chi connectivity index (χ1) is 10.7. The number of carboxylic acids is 1. The van der Waals surface area contributed by atoms with Crippen molar-refractivity contribution < 1.29 is 27.9 Å². The van der Waals surface area contributed by atoms with E-state index in [1.807, 2.05) is 0 Å². The van der Waals surface area contributed by atoms with Crippen molar-refractivity contribution in [3.05, 3.63) is 40.1 Å². The van der Waals surface area contributed by atoms with E-state index >= 15 is 0 Å². The third kappa shape index (κ3) is 4.03. The van der Waals surface area contributed by atoms with Gasteiger partial charge in [-0.1, -0.05) is 0 Å². The lowest BCUT2D eigenvalue weighted by Crippen LogP contribution is -2.41. The van der Waals surface area contributed by atoms with E-state index in [-0.39, 0.29) is 5.69 Å². The Balaban J connectivity index is 2.42. The van der Waals surface area contributed by atoms with E-state index in [1.54, 1.807) is 12.3 Å². The minimum Gasteiger partial charge on any atom is -0.477 e. The summed E-state index contributed by atoms with van der Waals surface area (Å²) in [6.07, 6.45) is -4.07. The van der Waals surface area contributed by atoms with Gasteiger partial charge in [-0.15, -0.1) is 11.3 Å². The summed E-state index contributed by atoms with van der Waals surface area (Å²) in [6, 6.07) is 2.04. The van der Waals surface area contributed by atoms with Crippen molar-refractivity contribution in [2.45, 2.75) is 19.6 Å². The van der Waals surface area contributed by atoms with Crippen LogP contribution < -0.4 is 4.90 Å². The number of aryl methyl sites for hydroxylation is 1.